The average molecular weight is 161 g/mol. The number of β-lactam (4-membered cyclic amide) rings is 1. The molecule has 0 N–H and O–H groups in total. The van der Waals surface area contributed by atoms with E-state index in [0.717, 1.165) is 0 Å². The molecule has 1 amide bonds. The number of likely N-dealkylation sites (tertiary alicyclic amines) is 1. The van der Waals surface area contributed by atoms with Gasteiger partial charge in [-0.25, -0.2) is 0 Å². The maximum absolute atomic E-state index is 10.9. The normalized spacial score (nSPS) is 22.2. The molecule has 2 rings (SSSR count). The number of hydrogen-bond acceptors (Lipinski definition) is 1. The molecule has 0 spiro atoms. The Hall–Kier alpha value is -1.31. The Labute approximate surface area is 71.8 Å². The van der Waals surface area contributed by atoms with E-state index in [1.54, 1.807) is 4.90 Å². The molecule has 0 aromatic heterocycles. The Morgan fingerprint density at radius 2 is 2.00 bits per heavy atom. The lowest BCUT2D eigenvalue weighted by Crippen LogP contribution is -2.43. The maximum Gasteiger partial charge on any atom is 0.225 e. The summed E-state index contributed by atoms with van der Waals surface area (Å²) in [5.41, 5.74) is 1.24. The topological polar surface area (TPSA) is 20.3 Å². The summed E-state index contributed by atoms with van der Waals surface area (Å²) in [6, 6.07) is 10.4. The quantitative estimate of drug-likeness (QED) is 0.573. The van der Waals surface area contributed by atoms with Gasteiger partial charge in [-0.1, -0.05) is 30.3 Å². The minimum Gasteiger partial charge on any atom is -0.338 e. The highest BCUT2D eigenvalue weighted by Crippen LogP contribution is 2.31. The van der Waals surface area contributed by atoms with E-state index in [9.17, 15) is 4.79 Å². The van der Waals surface area contributed by atoms with Gasteiger partial charge in [0.25, 0.3) is 0 Å². The van der Waals surface area contributed by atoms with Crippen molar-refractivity contribution >= 4 is 5.91 Å². The van der Waals surface area contributed by atoms with Gasteiger partial charge in [-0.05, 0) is 5.56 Å². The van der Waals surface area contributed by atoms with Crippen LogP contribution in [0.1, 0.15) is 18.0 Å². The zero-order chi connectivity index (χ0) is 8.55. The summed E-state index contributed by atoms with van der Waals surface area (Å²) < 4.78 is 0. The lowest BCUT2D eigenvalue weighted by molar-refractivity contribution is -0.143. The SMILES string of the molecule is CN1C(=O)C[C@@H]1c1ccccc1. The Morgan fingerprint density at radius 1 is 1.33 bits per heavy atom. The molecule has 2 nitrogen and oxygen atoms in total. The Bertz CT molecular complexity index is 294. The molecule has 1 aliphatic heterocycles. The van der Waals surface area contributed by atoms with E-state index in [0.29, 0.717) is 12.5 Å². The van der Waals surface area contributed by atoms with Crippen molar-refractivity contribution in [2.75, 3.05) is 7.05 Å². The minimum atomic E-state index is 0.240. The van der Waals surface area contributed by atoms with Gasteiger partial charge in [-0.15, -0.1) is 0 Å². The fourth-order valence-corrected chi connectivity index (χ4v) is 1.52. The van der Waals surface area contributed by atoms with Crippen molar-refractivity contribution in [3.05, 3.63) is 35.9 Å². The second kappa shape index (κ2) is 2.63. The number of carbonyl (C=O) groups is 1. The van der Waals surface area contributed by atoms with Crippen LogP contribution in [-0.2, 0) is 4.79 Å². The molecule has 0 bridgehead atoms. The summed E-state index contributed by atoms with van der Waals surface area (Å²) in [7, 11) is 1.85. The lowest BCUT2D eigenvalue weighted by Gasteiger charge is -2.37. The fraction of sp³-hybridized carbons (Fsp3) is 0.300. The van der Waals surface area contributed by atoms with Crippen LogP contribution in [-0.4, -0.2) is 17.9 Å². The van der Waals surface area contributed by atoms with E-state index in [-0.39, 0.29) is 5.91 Å². The number of benzene rings is 1. The number of rotatable bonds is 1. The molecule has 62 valence electrons. The molecule has 0 radical (unpaired) electrons. The van der Waals surface area contributed by atoms with Gasteiger partial charge in [0.1, 0.15) is 0 Å². The largest absolute Gasteiger partial charge is 0.338 e. The van der Waals surface area contributed by atoms with Crippen LogP contribution in [0.25, 0.3) is 0 Å². The second-order valence-electron chi connectivity index (χ2n) is 3.14. The van der Waals surface area contributed by atoms with Crippen molar-refractivity contribution in [3.8, 4) is 0 Å². The molecule has 1 aliphatic rings. The molecular weight excluding hydrogens is 150 g/mol. The summed E-state index contributed by atoms with van der Waals surface area (Å²) in [4.78, 5) is 12.7. The highest BCUT2D eigenvalue weighted by molar-refractivity contribution is 5.83. The zero-order valence-electron chi connectivity index (χ0n) is 7.03. The van der Waals surface area contributed by atoms with E-state index in [1.807, 2.05) is 25.2 Å². The summed E-state index contributed by atoms with van der Waals surface area (Å²) in [6.07, 6.45) is 0.667. The number of hydrogen-bond donors (Lipinski definition) is 0. The molecule has 1 fully saturated rings. The second-order valence-corrected chi connectivity index (χ2v) is 3.14. The van der Waals surface area contributed by atoms with Gasteiger partial charge in [-0.3, -0.25) is 4.79 Å². The third kappa shape index (κ3) is 0.998. The first-order valence-electron chi connectivity index (χ1n) is 4.09. The van der Waals surface area contributed by atoms with Crippen LogP contribution >= 0.6 is 0 Å². The van der Waals surface area contributed by atoms with E-state index >= 15 is 0 Å². The molecule has 1 aromatic carbocycles. The number of nitrogens with zero attached hydrogens (tertiary/aromatic N) is 1. The van der Waals surface area contributed by atoms with Gasteiger partial charge in [0.2, 0.25) is 5.91 Å². The van der Waals surface area contributed by atoms with Crippen molar-refractivity contribution in [2.45, 2.75) is 12.5 Å². The Morgan fingerprint density at radius 3 is 2.50 bits per heavy atom. The molecule has 1 aromatic rings. The average Bonchev–Trinajstić information content (AvgIpc) is 2.15. The van der Waals surface area contributed by atoms with E-state index in [4.69, 9.17) is 0 Å². The third-order valence-electron chi connectivity index (χ3n) is 2.41. The summed E-state index contributed by atoms with van der Waals surface area (Å²) in [5.74, 6) is 0.240. The first-order chi connectivity index (χ1) is 5.79. The molecule has 1 atom stereocenters. The van der Waals surface area contributed by atoms with Crippen molar-refractivity contribution in [1.29, 1.82) is 0 Å². The smallest absolute Gasteiger partial charge is 0.225 e. The predicted molar refractivity (Wildman–Crippen MR) is 46.6 cm³/mol. The van der Waals surface area contributed by atoms with Crippen LogP contribution in [0, 0.1) is 0 Å². The lowest BCUT2D eigenvalue weighted by atomic mass is 9.95. The highest BCUT2D eigenvalue weighted by Gasteiger charge is 2.33. The Kier molecular flexibility index (Phi) is 1.61. The van der Waals surface area contributed by atoms with Crippen LogP contribution < -0.4 is 0 Å². The number of carbonyl (C=O) groups excluding carboxylic acids is 1. The summed E-state index contributed by atoms with van der Waals surface area (Å²) >= 11 is 0. The predicted octanol–water partition coefficient (Wildman–Crippen LogP) is 1.59. The van der Waals surface area contributed by atoms with Crippen molar-refractivity contribution < 1.29 is 4.79 Å². The fourth-order valence-electron chi connectivity index (χ4n) is 1.52. The summed E-state index contributed by atoms with van der Waals surface area (Å²) in [5, 5.41) is 0. The first kappa shape index (κ1) is 7.35. The van der Waals surface area contributed by atoms with Crippen LogP contribution in [0.3, 0.4) is 0 Å². The van der Waals surface area contributed by atoms with Crippen LogP contribution in [0.4, 0.5) is 0 Å². The molecular formula is C10H11NO. The van der Waals surface area contributed by atoms with Crippen molar-refractivity contribution in [3.63, 3.8) is 0 Å². The molecule has 1 saturated heterocycles. The number of amides is 1. The monoisotopic (exact) mass is 161 g/mol. The van der Waals surface area contributed by atoms with Gasteiger partial charge in [0.15, 0.2) is 0 Å². The Balaban J connectivity index is 2.18. The molecule has 12 heavy (non-hydrogen) atoms. The standard InChI is InChI=1S/C10H11NO/c1-11-9(7-10(11)12)8-5-3-2-4-6-8/h2-6,9H,7H2,1H3/t9-/m1/s1. The highest BCUT2D eigenvalue weighted by atomic mass is 16.2. The van der Waals surface area contributed by atoms with Gasteiger partial charge < -0.3 is 4.90 Å². The molecule has 0 aliphatic carbocycles. The van der Waals surface area contributed by atoms with Crippen molar-refractivity contribution in [1.82, 2.24) is 4.90 Å². The van der Waals surface area contributed by atoms with E-state index in [2.05, 4.69) is 12.1 Å². The van der Waals surface area contributed by atoms with Gasteiger partial charge in [-0.2, -0.15) is 0 Å². The minimum absolute atomic E-state index is 0.240. The third-order valence-corrected chi connectivity index (χ3v) is 2.41. The van der Waals surface area contributed by atoms with Gasteiger partial charge in [0.05, 0.1) is 12.5 Å². The van der Waals surface area contributed by atoms with Gasteiger partial charge in [0, 0.05) is 7.05 Å². The van der Waals surface area contributed by atoms with E-state index < -0.39 is 0 Å². The van der Waals surface area contributed by atoms with Gasteiger partial charge >= 0.3 is 0 Å². The summed E-state index contributed by atoms with van der Waals surface area (Å²) in [6.45, 7) is 0. The van der Waals surface area contributed by atoms with Crippen LogP contribution in [0.2, 0.25) is 0 Å². The molecule has 2 heteroatoms. The van der Waals surface area contributed by atoms with Crippen molar-refractivity contribution in [2.24, 2.45) is 0 Å². The molecule has 0 saturated carbocycles. The first-order valence-corrected chi connectivity index (χ1v) is 4.09. The molecule has 1 heterocycles. The molecule has 0 unspecified atom stereocenters. The zero-order valence-corrected chi connectivity index (χ0v) is 7.03. The van der Waals surface area contributed by atoms with Crippen LogP contribution in [0.15, 0.2) is 30.3 Å². The van der Waals surface area contributed by atoms with Crippen LogP contribution in [0.5, 0.6) is 0 Å². The maximum atomic E-state index is 10.9. The van der Waals surface area contributed by atoms with E-state index in [1.165, 1.54) is 5.56 Å².